The second-order valence-corrected chi connectivity index (χ2v) is 6.96. The highest BCUT2D eigenvalue weighted by Gasteiger charge is 2.15. The van der Waals surface area contributed by atoms with Gasteiger partial charge in [0.1, 0.15) is 5.75 Å². The number of halogens is 1. The molecular weight excluding hydrogens is 429 g/mol. The number of benzene rings is 2. The maximum atomic E-state index is 10.6. The molecule has 0 radical (unpaired) electrons. The molecule has 0 spiro atoms. The van der Waals surface area contributed by atoms with E-state index >= 15 is 0 Å². The standard InChI is InChI=1S/C19H14IN3O2/c20-13-4-7-17-15(11-13)18(24)16(19(25)22-17)10-12-2-5-14(6-3-12)23-9-1-8-21-23/h1-9,11H,10H2,(H2,22,24,25). The highest BCUT2D eigenvalue weighted by molar-refractivity contribution is 14.1. The number of hydrogen-bond acceptors (Lipinski definition) is 4. The Labute approximate surface area is 157 Å². The number of nitrogens with zero attached hydrogens (tertiary/aromatic N) is 3. The van der Waals surface area contributed by atoms with Crippen LogP contribution in [0.2, 0.25) is 0 Å². The molecule has 0 atom stereocenters. The van der Waals surface area contributed by atoms with Gasteiger partial charge in [0.2, 0.25) is 5.88 Å². The van der Waals surface area contributed by atoms with Crippen LogP contribution in [0.5, 0.6) is 11.6 Å². The predicted molar refractivity (Wildman–Crippen MR) is 104 cm³/mol. The van der Waals surface area contributed by atoms with Crippen LogP contribution in [0.25, 0.3) is 16.6 Å². The Morgan fingerprint density at radius 3 is 2.56 bits per heavy atom. The lowest BCUT2D eigenvalue weighted by Gasteiger charge is -2.11. The second kappa shape index (κ2) is 6.36. The van der Waals surface area contributed by atoms with Crippen molar-refractivity contribution in [1.82, 2.24) is 14.8 Å². The first-order valence-electron chi connectivity index (χ1n) is 7.71. The van der Waals surface area contributed by atoms with Crippen LogP contribution < -0.4 is 0 Å². The zero-order valence-electron chi connectivity index (χ0n) is 13.1. The summed E-state index contributed by atoms with van der Waals surface area (Å²) in [5.41, 5.74) is 2.93. The summed E-state index contributed by atoms with van der Waals surface area (Å²) in [5, 5.41) is 25.7. The molecule has 0 aliphatic rings. The van der Waals surface area contributed by atoms with Gasteiger partial charge in [-0.1, -0.05) is 12.1 Å². The number of pyridine rings is 1. The normalized spacial score (nSPS) is 11.1. The molecule has 0 aliphatic heterocycles. The van der Waals surface area contributed by atoms with E-state index in [9.17, 15) is 10.2 Å². The van der Waals surface area contributed by atoms with Crippen LogP contribution in [0.4, 0.5) is 0 Å². The van der Waals surface area contributed by atoms with Gasteiger partial charge in [0, 0.05) is 27.8 Å². The quantitative estimate of drug-likeness (QED) is 0.470. The number of aromatic nitrogens is 3. The molecule has 0 amide bonds. The molecule has 4 rings (SSSR count). The SMILES string of the molecule is Oc1nc2ccc(I)cc2c(O)c1Cc1ccc(-n2cccn2)cc1. The zero-order chi connectivity index (χ0) is 17.4. The molecule has 4 aromatic rings. The fourth-order valence-corrected chi connectivity index (χ4v) is 3.29. The lowest BCUT2D eigenvalue weighted by molar-refractivity contribution is 0.430. The minimum absolute atomic E-state index is 0.0807. The summed E-state index contributed by atoms with van der Waals surface area (Å²) >= 11 is 2.19. The van der Waals surface area contributed by atoms with Crippen molar-refractivity contribution in [2.45, 2.75) is 6.42 Å². The molecule has 2 aromatic heterocycles. The first-order valence-corrected chi connectivity index (χ1v) is 8.79. The largest absolute Gasteiger partial charge is 0.507 e. The van der Waals surface area contributed by atoms with Crippen molar-refractivity contribution >= 4 is 33.5 Å². The van der Waals surface area contributed by atoms with Crippen molar-refractivity contribution in [3.05, 3.63) is 75.6 Å². The van der Waals surface area contributed by atoms with Crippen LogP contribution in [0.15, 0.2) is 60.9 Å². The highest BCUT2D eigenvalue weighted by atomic mass is 127. The molecule has 0 unspecified atom stereocenters. The molecular formula is C19H14IN3O2. The van der Waals surface area contributed by atoms with Crippen molar-refractivity contribution in [2.75, 3.05) is 0 Å². The van der Waals surface area contributed by atoms with E-state index in [0.29, 0.717) is 22.9 Å². The second-order valence-electron chi connectivity index (χ2n) is 5.72. The van der Waals surface area contributed by atoms with Crippen molar-refractivity contribution in [3.63, 3.8) is 0 Å². The van der Waals surface area contributed by atoms with Gasteiger partial charge in [0.25, 0.3) is 0 Å². The third-order valence-corrected chi connectivity index (χ3v) is 4.75. The molecule has 0 fully saturated rings. The van der Waals surface area contributed by atoms with E-state index in [1.54, 1.807) is 16.9 Å². The van der Waals surface area contributed by atoms with Crippen LogP contribution in [0.3, 0.4) is 0 Å². The van der Waals surface area contributed by atoms with E-state index in [0.717, 1.165) is 14.8 Å². The molecule has 0 bridgehead atoms. The van der Waals surface area contributed by atoms with E-state index in [4.69, 9.17) is 0 Å². The molecule has 2 heterocycles. The Hall–Kier alpha value is -2.61. The van der Waals surface area contributed by atoms with Gasteiger partial charge in [-0.25, -0.2) is 9.67 Å². The van der Waals surface area contributed by atoms with Crippen LogP contribution >= 0.6 is 22.6 Å². The van der Waals surface area contributed by atoms with Crippen molar-refractivity contribution in [3.8, 4) is 17.3 Å². The van der Waals surface area contributed by atoms with Crippen LogP contribution in [-0.2, 0) is 6.42 Å². The first-order chi connectivity index (χ1) is 12.1. The number of fused-ring (bicyclic) bond motifs is 1. The van der Waals surface area contributed by atoms with E-state index < -0.39 is 0 Å². The molecule has 25 heavy (non-hydrogen) atoms. The number of aromatic hydroxyl groups is 2. The third-order valence-electron chi connectivity index (χ3n) is 4.08. The fraction of sp³-hybridized carbons (Fsp3) is 0.0526. The van der Waals surface area contributed by atoms with Gasteiger partial charge in [0.05, 0.1) is 16.8 Å². The van der Waals surface area contributed by atoms with Crippen molar-refractivity contribution in [2.24, 2.45) is 0 Å². The van der Waals surface area contributed by atoms with Crippen molar-refractivity contribution in [1.29, 1.82) is 0 Å². The Balaban J connectivity index is 1.70. The summed E-state index contributed by atoms with van der Waals surface area (Å²) in [6.07, 6.45) is 4.00. The lowest BCUT2D eigenvalue weighted by atomic mass is 10.0. The van der Waals surface area contributed by atoms with Gasteiger partial charge in [-0.2, -0.15) is 5.10 Å². The summed E-state index contributed by atoms with van der Waals surface area (Å²) in [4.78, 5) is 4.21. The Bertz CT molecular complexity index is 1040. The van der Waals surface area contributed by atoms with Crippen LogP contribution in [-0.4, -0.2) is 25.0 Å². The summed E-state index contributed by atoms with van der Waals surface area (Å²) in [6, 6.07) is 15.2. The molecule has 124 valence electrons. The van der Waals surface area contributed by atoms with Gasteiger partial charge in [-0.05, 0) is 64.6 Å². The minimum atomic E-state index is -0.137. The van der Waals surface area contributed by atoms with E-state index in [1.165, 1.54) is 0 Å². The fourth-order valence-electron chi connectivity index (χ4n) is 2.80. The molecule has 0 aliphatic carbocycles. The number of hydrogen-bond donors (Lipinski definition) is 2. The minimum Gasteiger partial charge on any atom is -0.507 e. The zero-order valence-corrected chi connectivity index (χ0v) is 15.3. The lowest BCUT2D eigenvalue weighted by Crippen LogP contribution is -1.96. The monoisotopic (exact) mass is 443 g/mol. The Morgan fingerprint density at radius 1 is 1.04 bits per heavy atom. The van der Waals surface area contributed by atoms with Gasteiger partial charge in [-0.15, -0.1) is 0 Å². The van der Waals surface area contributed by atoms with Gasteiger partial charge in [-0.3, -0.25) is 0 Å². The Morgan fingerprint density at radius 2 is 1.84 bits per heavy atom. The first kappa shape index (κ1) is 15.9. The molecule has 0 saturated carbocycles. The van der Waals surface area contributed by atoms with Crippen LogP contribution in [0.1, 0.15) is 11.1 Å². The maximum absolute atomic E-state index is 10.6. The summed E-state index contributed by atoms with van der Waals surface area (Å²) in [5.74, 6) is -0.0560. The van der Waals surface area contributed by atoms with E-state index in [-0.39, 0.29) is 11.6 Å². The van der Waals surface area contributed by atoms with E-state index in [1.807, 2.05) is 48.7 Å². The Kier molecular flexibility index (Phi) is 4.04. The average Bonchev–Trinajstić information content (AvgIpc) is 3.15. The molecule has 2 N–H and O–H groups in total. The van der Waals surface area contributed by atoms with Gasteiger partial charge in [0.15, 0.2) is 0 Å². The summed E-state index contributed by atoms with van der Waals surface area (Å²) < 4.78 is 2.78. The third kappa shape index (κ3) is 3.05. The molecule has 6 heteroatoms. The molecule has 0 saturated heterocycles. The van der Waals surface area contributed by atoms with Crippen molar-refractivity contribution < 1.29 is 10.2 Å². The van der Waals surface area contributed by atoms with Gasteiger partial charge < -0.3 is 10.2 Å². The average molecular weight is 443 g/mol. The maximum Gasteiger partial charge on any atom is 0.218 e. The van der Waals surface area contributed by atoms with E-state index in [2.05, 4.69) is 32.7 Å². The molecule has 5 nitrogen and oxygen atoms in total. The predicted octanol–water partition coefficient (Wildman–Crippen LogP) is 4.03. The topological polar surface area (TPSA) is 71.2 Å². The smallest absolute Gasteiger partial charge is 0.218 e. The summed E-state index contributed by atoms with van der Waals surface area (Å²) in [6.45, 7) is 0. The highest BCUT2D eigenvalue weighted by Crippen LogP contribution is 2.35. The summed E-state index contributed by atoms with van der Waals surface area (Å²) in [7, 11) is 0. The van der Waals surface area contributed by atoms with Crippen LogP contribution in [0, 0.1) is 3.57 Å². The number of rotatable bonds is 3. The molecule has 2 aromatic carbocycles. The van der Waals surface area contributed by atoms with Gasteiger partial charge >= 0.3 is 0 Å².